The minimum atomic E-state index is -3.20. The van der Waals surface area contributed by atoms with Crippen LogP contribution < -0.4 is 0 Å². The van der Waals surface area contributed by atoms with Gasteiger partial charge in [-0.15, -0.1) is 11.3 Å². The molecule has 2 atom stereocenters. The van der Waals surface area contributed by atoms with Gasteiger partial charge in [0.05, 0.1) is 16.4 Å². The Labute approximate surface area is 147 Å². The Hall–Kier alpha value is -1.93. The minimum Gasteiger partial charge on any atom is -0.346 e. The predicted octanol–water partition coefficient (Wildman–Crippen LogP) is 4.05. The van der Waals surface area contributed by atoms with Crippen molar-refractivity contribution in [1.82, 2.24) is 9.88 Å². The maximum Gasteiger partial charge on any atom is 0.315 e. The Morgan fingerprint density at radius 1 is 1.36 bits per heavy atom. The van der Waals surface area contributed by atoms with Crippen LogP contribution in [-0.2, 0) is 9.53 Å². The van der Waals surface area contributed by atoms with Crippen LogP contribution >= 0.6 is 11.3 Å². The molecule has 134 valence electrons. The second-order valence-corrected chi connectivity index (χ2v) is 7.09. The van der Waals surface area contributed by atoms with E-state index in [1.54, 1.807) is 23.8 Å². The number of carbonyl (C=O) groups excluding carboxylic acids is 1. The van der Waals surface area contributed by atoms with Gasteiger partial charge in [-0.2, -0.15) is 8.78 Å². The van der Waals surface area contributed by atoms with Crippen LogP contribution in [0.4, 0.5) is 13.2 Å². The summed E-state index contributed by atoms with van der Waals surface area (Å²) >= 11 is 1.49. The molecule has 1 aromatic carbocycles. The van der Waals surface area contributed by atoms with Gasteiger partial charge >= 0.3 is 6.43 Å². The molecule has 25 heavy (non-hydrogen) atoms. The standard InChI is InChI=1S/C17H17F3N2O2S/c1-17(2)22(16(23)15(19)20)12(7-18)14(24-17)11-5-3-10(4-6-11)13-8-21-9-25-13/h3-6,8-9,12,14-15H,7H2,1-2H3/t12-,14-/m1/s1. The van der Waals surface area contributed by atoms with Crippen LogP contribution in [-0.4, -0.2) is 40.7 Å². The number of carbonyl (C=O) groups is 1. The number of amides is 1. The second-order valence-electron chi connectivity index (χ2n) is 6.20. The topological polar surface area (TPSA) is 42.4 Å². The Balaban J connectivity index is 1.90. The summed E-state index contributed by atoms with van der Waals surface area (Å²) in [6, 6.07) is 6.10. The highest BCUT2D eigenvalue weighted by Crippen LogP contribution is 2.42. The molecule has 0 N–H and O–H groups in total. The quantitative estimate of drug-likeness (QED) is 0.815. The van der Waals surface area contributed by atoms with Crippen LogP contribution in [0.25, 0.3) is 10.4 Å². The zero-order valence-electron chi connectivity index (χ0n) is 13.7. The molecule has 0 saturated carbocycles. The molecule has 4 nitrogen and oxygen atoms in total. The number of nitrogens with zero attached hydrogens (tertiary/aromatic N) is 2. The van der Waals surface area contributed by atoms with Gasteiger partial charge in [-0.05, 0) is 25.0 Å². The number of thiazole rings is 1. The molecule has 0 unspecified atom stereocenters. The van der Waals surface area contributed by atoms with E-state index >= 15 is 0 Å². The first-order chi connectivity index (χ1) is 11.8. The third-order valence-electron chi connectivity index (χ3n) is 4.21. The molecular formula is C17H17F3N2O2S. The smallest absolute Gasteiger partial charge is 0.315 e. The lowest BCUT2D eigenvalue weighted by Crippen LogP contribution is -2.51. The largest absolute Gasteiger partial charge is 0.346 e. The highest BCUT2D eigenvalue weighted by Gasteiger charge is 2.52. The monoisotopic (exact) mass is 370 g/mol. The van der Waals surface area contributed by atoms with Gasteiger partial charge in [0, 0.05) is 6.20 Å². The van der Waals surface area contributed by atoms with Gasteiger partial charge in [-0.1, -0.05) is 24.3 Å². The first-order valence-electron chi connectivity index (χ1n) is 7.69. The van der Waals surface area contributed by atoms with E-state index in [2.05, 4.69) is 4.98 Å². The number of benzene rings is 1. The average molecular weight is 370 g/mol. The van der Waals surface area contributed by atoms with Crippen LogP contribution in [0.2, 0.25) is 0 Å². The summed E-state index contributed by atoms with van der Waals surface area (Å²) < 4.78 is 45.2. The van der Waals surface area contributed by atoms with E-state index in [0.29, 0.717) is 5.56 Å². The summed E-state index contributed by atoms with van der Waals surface area (Å²) in [7, 11) is 0. The third kappa shape index (κ3) is 3.28. The number of halogens is 3. The fraction of sp³-hybridized carbons (Fsp3) is 0.412. The van der Waals surface area contributed by atoms with Crippen molar-refractivity contribution in [2.45, 2.75) is 38.1 Å². The molecule has 0 radical (unpaired) electrons. The van der Waals surface area contributed by atoms with Crippen LogP contribution in [0, 0.1) is 0 Å². The van der Waals surface area contributed by atoms with Gasteiger partial charge in [-0.3, -0.25) is 9.78 Å². The van der Waals surface area contributed by atoms with Crippen molar-refractivity contribution in [2.75, 3.05) is 6.67 Å². The third-order valence-corrected chi connectivity index (χ3v) is 5.04. The Kier molecular flexibility index (Phi) is 4.83. The summed E-state index contributed by atoms with van der Waals surface area (Å²) in [6.07, 6.45) is -2.27. The van der Waals surface area contributed by atoms with Crippen molar-refractivity contribution in [3.05, 3.63) is 41.5 Å². The fourth-order valence-corrected chi connectivity index (χ4v) is 3.78. The van der Waals surface area contributed by atoms with E-state index in [9.17, 15) is 18.0 Å². The molecular weight excluding hydrogens is 353 g/mol. The van der Waals surface area contributed by atoms with E-state index < -0.39 is 36.9 Å². The zero-order valence-corrected chi connectivity index (χ0v) is 14.5. The van der Waals surface area contributed by atoms with E-state index in [1.807, 2.05) is 12.1 Å². The van der Waals surface area contributed by atoms with Crippen molar-refractivity contribution in [1.29, 1.82) is 0 Å². The lowest BCUT2D eigenvalue weighted by molar-refractivity contribution is -0.159. The van der Waals surface area contributed by atoms with Gasteiger partial charge in [0.2, 0.25) is 0 Å². The fourth-order valence-electron chi connectivity index (χ4n) is 3.15. The summed E-state index contributed by atoms with van der Waals surface area (Å²) in [5.74, 6) is -1.42. The Morgan fingerprint density at radius 2 is 2.04 bits per heavy atom. The molecule has 1 aliphatic heterocycles. The second kappa shape index (κ2) is 6.76. The first-order valence-corrected chi connectivity index (χ1v) is 8.57. The van der Waals surface area contributed by atoms with E-state index in [4.69, 9.17) is 4.74 Å². The van der Waals surface area contributed by atoms with E-state index in [1.165, 1.54) is 25.2 Å². The minimum absolute atomic E-state index is 0.633. The van der Waals surface area contributed by atoms with E-state index in [-0.39, 0.29) is 0 Å². The maximum atomic E-state index is 13.6. The summed E-state index contributed by atoms with van der Waals surface area (Å²) in [5.41, 5.74) is 1.98. The SMILES string of the molecule is CC1(C)O[C@H](c2ccc(-c3cncs3)cc2)[C@@H](CF)N1C(=O)C(F)F. The number of aromatic nitrogens is 1. The molecule has 3 rings (SSSR count). The number of hydrogen-bond acceptors (Lipinski definition) is 4. The van der Waals surface area contributed by atoms with Crippen LogP contribution in [0.5, 0.6) is 0 Å². The maximum absolute atomic E-state index is 13.6. The molecule has 0 aliphatic carbocycles. The van der Waals surface area contributed by atoms with Crippen molar-refractivity contribution in [3.63, 3.8) is 0 Å². The number of ether oxygens (including phenoxy) is 1. The van der Waals surface area contributed by atoms with Gasteiger partial charge < -0.3 is 9.64 Å². The lowest BCUT2D eigenvalue weighted by Gasteiger charge is -2.32. The van der Waals surface area contributed by atoms with Gasteiger partial charge in [0.1, 0.15) is 18.5 Å². The summed E-state index contributed by atoms with van der Waals surface area (Å²) in [5, 5.41) is 0. The molecule has 1 aromatic heterocycles. The number of hydrogen-bond donors (Lipinski definition) is 0. The molecule has 1 aliphatic rings. The highest BCUT2D eigenvalue weighted by molar-refractivity contribution is 7.13. The molecule has 1 saturated heterocycles. The number of rotatable bonds is 4. The van der Waals surface area contributed by atoms with Gasteiger partial charge in [0.15, 0.2) is 0 Å². The summed E-state index contributed by atoms with van der Waals surface area (Å²) in [6.45, 7) is 2.01. The molecule has 0 bridgehead atoms. The predicted molar refractivity (Wildman–Crippen MR) is 88.1 cm³/mol. The molecule has 8 heteroatoms. The molecule has 2 heterocycles. The molecule has 1 fully saturated rings. The van der Waals surface area contributed by atoms with Gasteiger partial charge in [0.25, 0.3) is 5.91 Å². The van der Waals surface area contributed by atoms with Crippen molar-refractivity contribution in [2.24, 2.45) is 0 Å². The molecule has 1 amide bonds. The van der Waals surface area contributed by atoms with E-state index in [0.717, 1.165) is 15.3 Å². The highest BCUT2D eigenvalue weighted by atomic mass is 32.1. The Bertz CT molecular complexity index is 735. The number of alkyl halides is 3. The molecule has 0 spiro atoms. The van der Waals surface area contributed by atoms with Crippen molar-refractivity contribution >= 4 is 17.2 Å². The zero-order chi connectivity index (χ0) is 18.2. The first kappa shape index (κ1) is 17.9. The Morgan fingerprint density at radius 3 is 2.56 bits per heavy atom. The van der Waals surface area contributed by atoms with Crippen molar-refractivity contribution < 1.29 is 22.7 Å². The van der Waals surface area contributed by atoms with Crippen LogP contribution in [0.3, 0.4) is 0 Å². The molecule has 2 aromatic rings. The van der Waals surface area contributed by atoms with Crippen molar-refractivity contribution in [3.8, 4) is 10.4 Å². The summed E-state index contributed by atoms with van der Waals surface area (Å²) in [4.78, 5) is 17.7. The van der Waals surface area contributed by atoms with Crippen LogP contribution in [0.1, 0.15) is 25.5 Å². The lowest BCUT2D eigenvalue weighted by atomic mass is 10.0. The average Bonchev–Trinajstić information content (AvgIpc) is 3.19. The van der Waals surface area contributed by atoms with Gasteiger partial charge in [-0.25, -0.2) is 4.39 Å². The van der Waals surface area contributed by atoms with Crippen LogP contribution in [0.15, 0.2) is 36.0 Å². The normalized spacial score (nSPS) is 22.6.